The van der Waals surface area contributed by atoms with Crippen LogP contribution in [-0.4, -0.2) is 23.5 Å². The Hall–Kier alpha value is -1.47. The van der Waals surface area contributed by atoms with Gasteiger partial charge < -0.3 is 4.74 Å². The van der Waals surface area contributed by atoms with Gasteiger partial charge in [0, 0.05) is 12.6 Å². The normalized spacial score (nSPS) is 11.2. The number of benzene rings is 1. The van der Waals surface area contributed by atoms with Crippen LogP contribution in [0, 0.1) is 10.1 Å². The van der Waals surface area contributed by atoms with Gasteiger partial charge in [-0.3, -0.25) is 20.2 Å². The lowest BCUT2D eigenvalue weighted by Crippen LogP contribution is -2.46. The van der Waals surface area contributed by atoms with Crippen molar-refractivity contribution in [3.8, 4) is 0 Å². The molecule has 0 heterocycles. The van der Waals surface area contributed by atoms with Crippen LogP contribution in [0.4, 0.5) is 5.69 Å². The maximum atomic E-state index is 11.5. The monoisotopic (exact) mass is 330 g/mol. The molecule has 6 nitrogen and oxygen atoms in total. The molecular formula is C12H15BrN2O4. The van der Waals surface area contributed by atoms with Crippen molar-refractivity contribution in [2.24, 2.45) is 0 Å². The largest absolute Gasteiger partial charge is 0.468 e. The first-order chi connectivity index (χ1) is 8.77. The molecule has 0 fully saturated rings. The van der Waals surface area contributed by atoms with Crippen LogP contribution in [0.15, 0.2) is 22.7 Å². The number of hydrogen-bond donors (Lipinski definition) is 1. The number of carbonyl (C=O) groups excluding carboxylic acids is 1. The number of hydrogen-bond acceptors (Lipinski definition) is 5. The molecular weight excluding hydrogens is 316 g/mol. The number of nitro groups is 1. The van der Waals surface area contributed by atoms with Crippen molar-refractivity contribution in [2.75, 3.05) is 7.11 Å². The van der Waals surface area contributed by atoms with Crippen molar-refractivity contribution in [1.29, 1.82) is 0 Å². The average molecular weight is 331 g/mol. The summed E-state index contributed by atoms with van der Waals surface area (Å²) in [4.78, 5) is 21.8. The van der Waals surface area contributed by atoms with E-state index in [-0.39, 0.29) is 11.7 Å². The van der Waals surface area contributed by atoms with Gasteiger partial charge in [-0.05, 0) is 41.4 Å². The molecule has 1 N–H and O–H groups in total. The molecule has 0 saturated carbocycles. The summed E-state index contributed by atoms with van der Waals surface area (Å²) in [5.74, 6) is -0.390. The van der Waals surface area contributed by atoms with Gasteiger partial charge in [-0.2, -0.15) is 0 Å². The van der Waals surface area contributed by atoms with Gasteiger partial charge in [0.2, 0.25) is 0 Å². The van der Waals surface area contributed by atoms with E-state index in [2.05, 4.69) is 26.0 Å². The lowest BCUT2D eigenvalue weighted by molar-refractivity contribution is -0.385. The number of methoxy groups -OCH3 is 1. The molecule has 1 aromatic rings. The maximum absolute atomic E-state index is 11.5. The number of nitrogens with one attached hydrogen (secondary N) is 1. The van der Waals surface area contributed by atoms with E-state index >= 15 is 0 Å². The standard InChI is InChI=1S/C12H15BrN2O4/c1-12(2,11(16)19-3)14-7-8-4-5-9(13)10(6-8)15(17)18/h4-6,14H,7H2,1-3H3. The number of nitro benzene ring substituents is 1. The molecule has 0 radical (unpaired) electrons. The number of carbonyl (C=O) groups is 1. The summed E-state index contributed by atoms with van der Waals surface area (Å²) in [6.07, 6.45) is 0. The maximum Gasteiger partial charge on any atom is 0.325 e. The molecule has 0 aliphatic rings. The second-order valence-electron chi connectivity index (χ2n) is 4.51. The van der Waals surface area contributed by atoms with Gasteiger partial charge in [0.15, 0.2) is 0 Å². The third-order valence-electron chi connectivity index (χ3n) is 2.64. The Morgan fingerprint density at radius 1 is 1.53 bits per heavy atom. The number of rotatable bonds is 5. The minimum atomic E-state index is -0.851. The predicted octanol–water partition coefficient (Wildman–Crippen LogP) is 2.40. The molecule has 1 aromatic carbocycles. The van der Waals surface area contributed by atoms with E-state index in [1.807, 2.05) is 0 Å². The Kier molecular flexibility index (Phi) is 5.02. The highest BCUT2D eigenvalue weighted by atomic mass is 79.9. The van der Waals surface area contributed by atoms with Crippen molar-refractivity contribution in [3.05, 3.63) is 38.3 Å². The van der Waals surface area contributed by atoms with Crippen LogP contribution >= 0.6 is 15.9 Å². The van der Waals surface area contributed by atoms with Gasteiger partial charge >= 0.3 is 5.97 Å². The van der Waals surface area contributed by atoms with Gasteiger partial charge in [0.1, 0.15) is 5.54 Å². The molecule has 7 heteroatoms. The minimum Gasteiger partial charge on any atom is -0.468 e. The van der Waals surface area contributed by atoms with E-state index in [4.69, 9.17) is 0 Å². The Morgan fingerprint density at radius 2 is 2.16 bits per heavy atom. The summed E-state index contributed by atoms with van der Waals surface area (Å²) >= 11 is 3.12. The first kappa shape index (κ1) is 15.6. The van der Waals surface area contributed by atoms with Crippen LogP contribution in [0.5, 0.6) is 0 Å². The molecule has 0 atom stereocenters. The van der Waals surface area contributed by atoms with Crippen molar-refractivity contribution >= 4 is 27.6 Å². The Bertz CT molecular complexity index is 503. The fraction of sp³-hybridized carbons (Fsp3) is 0.417. The van der Waals surface area contributed by atoms with Crippen LogP contribution in [0.2, 0.25) is 0 Å². The lowest BCUT2D eigenvalue weighted by atomic mass is 10.1. The van der Waals surface area contributed by atoms with Crippen molar-refractivity contribution in [3.63, 3.8) is 0 Å². The second kappa shape index (κ2) is 6.12. The van der Waals surface area contributed by atoms with Crippen LogP contribution in [0.3, 0.4) is 0 Å². The van der Waals surface area contributed by atoms with E-state index in [0.29, 0.717) is 16.6 Å². The van der Waals surface area contributed by atoms with E-state index < -0.39 is 10.5 Å². The molecule has 0 saturated heterocycles. The molecule has 0 spiro atoms. The summed E-state index contributed by atoms with van der Waals surface area (Å²) in [7, 11) is 1.32. The van der Waals surface area contributed by atoms with E-state index in [1.165, 1.54) is 13.2 Å². The van der Waals surface area contributed by atoms with Crippen molar-refractivity contribution < 1.29 is 14.5 Å². The molecule has 0 aliphatic heterocycles. The number of halogens is 1. The van der Waals surface area contributed by atoms with Crippen molar-refractivity contribution in [2.45, 2.75) is 25.9 Å². The first-order valence-electron chi connectivity index (χ1n) is 5.54. The van der Waals surface area contributed by atoms with Crippen LogP contribution in [0.1, 0.15) is 19.4 Å². The topological polar surface area (TPSA) is 81.5 Å². The fourth-order valence-corrected chi connectivity index (χ4v) is 1.85. The summed E-state index contributed by atoms with van der Waals surface area (Å²) in [5, 5.41) is 13.8. The third kappa shape index (κ3) is 4.00. The smallest absolute Gasteiger partial charge is 0.325 e. The van der Waals surface area contributed by atoms with E-state index in [9.17, 15) is 14.9 Å². The zero-order valence-electron chi connectivity index (χ0n) is 10.9. The quantitative estimate of drug-likeness (QED) is 0.509. The zero-order valence-corrected chi connectivity index (χ0v) is 12.5. The fourth-order valence-electron chi connectivity index (χ4n) is 1.46. The highest BCUT2D eigenvalue weighted by Gasteiger charge is 2.27. The van der Waals surface area contributed by atoms with Gasteiger partial charge in [-0.15, -0.1) is 0 Å². The lowest BCUT2D eigenvalue weighted by Gasteiger charge is -2.23. The average Bonchev–Trinajstić information content (AvgIpc) is 2.36. The Balaban J connectivity index is 2.82. The van der Waals surface area contributed by atoms with Crippen molar-refractivity contribution in [1.82, 2.24) is 5.32 Å². The van der Waals surface area contributed by atoms with Crippen LogP contribution < -0.4 is 5.32 Å². The number of nitrogens with zero attached hydrogens (tertiary/aromatic N) is 1. The molecule has 0 aliphatic carbocycles. The second-order valence-corrected chi connectivity index (χ2v) is 5.37. The first-order valence-corrected chi connectivity index (χ1v) is 6.33. The molecule has 0 amide bonds. The Morgan fingerprint density at radius 3 is 2.68 bits per heavy atom. The Labute approximate surface area is 119 Å². The SMILES string of the molecule is COC(=O)C(C)(C)NCc1ccc(Br)c([N+](=O)[O-])c1. The van der Waals surface area contributed by atoms with E-state index in [0.717, 1.165) is 0 Å². The molecule has 1 rings (SSSR count). The number of ether oxygens (including phenoxy) is 1. The van der Waals surface area contributed by atoms with Gasteiger partial charge in [-0.1, -0.05) is 6.07 Å². The molecule has 0 bridgehead atoms. The summed E-state index contributed by atoms with van der Waals surface area (Å²) in [5.41, 5.74) is -0.140. The molecule has 104 valence electrons. The highest BCUT2D eigenvalue weighted by molar-refractivity contribution is 9.10. The predicted molar refractivity (Wildman–Crippen MR) is 73.7 cm³/mol. The van der Waals surface area contributed by atoms with Crippen LogP contribution in [0.25, 0.3) is 0 Å². The minimum absolute atomic E-state index is 0.00447. The highest BCUT2D eigenvalue weighted by Crippen LogP contribution is 2.25. The van der Waals surface area contributed by atoms with Crippen LogP contribution in [-0.2, 0) is 16.1 Å². The third-order valence-corrected chi connectivity index (χ3v) is 3.31. The molecule has 0 aromatic heterocycles. The zero-order chi connectivity index (χ0) is 14.6. The molecule has 19 heavy (non-hydrogen) atoms. The van der Waals surface area contributed by atoms with Gasteiger partial charge in [0.25, 0.3) is 5.69 Å². The van der Waals surface area contributed by atoms with E-state index in [1.54, 1.807) is 26.0 Å². The summed E-state index contributed by atoms with van der Waals surface area (Å²) in [6, 6.07) is 4.82. The summed E-state index contributed by atoms with van der Waals surface area (Å²) in [6.45, 7) is 3.70. The number of esters is 1. The molecule has 0 unspecified atom stereocenters. The van der Waals surface area contributed by atoms with Gasteiger partial charge in [-0.25, -0.2) is 0 Å². The summed E-state index contributed by atoms with van der Waals surface area (Å²) < 4.78 is 5.09. The van der Waals surface area contributed by atoms with Gasteiger partial charge in [0.05, 0.1) is 16.5 Å².